The van der Waals surface area contributed by atoms with Crippen molar-refractivity contribution in [2.24, 2.45) is 5.92 Å². The molecule has 0 heterocycles. The van der Waals surface area contributed by atoms with E-state index < -0.39 is 17.7 Å². The van der Waals surface area contributed by atoms with Crippen molar-refractivity contribution in [3.05, 3.63) is 89.2 Å². The van der Waals surface area contributed by atoms with Crippen molar-refractivity contribution in [1.29, 1.82) is 0 Å². The molecule has 1 aliphatic rings. The molecule has 9 heteroatoms. The highest BCUT2D eigenvalue weighted by molar-refractivity contribution is 5.95. The molecule has 4 rings (SSSR count). The Balaban J connectivity index is 1.19. The van der Waals surface area contributed by atoms with Crippen molar-refractivity contribution >= 4 is 17.8 Å². The molecule has 3 aromatic rings. The number of amides is 2. The number of halogens is 1. The van der Waals surface area contributed by atoms with Crippen molar-refractivity contribution in [2.45, 2.75) is 38.7 Å². The van der Waals surface area contributed by atoms with E-state index in [1.807, 2.05) is 31.2 Å². The van der Waals surface area contributed by atoms with Crippen molar-refractivity contribution in [3.8, 4) is 17.2 Å². The Morgan fingerprint density at radius 3 is 1.97 bits per heavy atom. The summed E-state index contributed by atoms with van der Waals surface area (Å²) in [6.07, 6.45) is 2.02. The van der Waals surface area contributed by atoms with E-state index in [2.05, 4.69) is 10.6 Å². The first-order chi connectivity index (χ1) is 18.8. The number of hydrogen-bond acceptors (Lipinski definition) is 5. The smallest absolute Gasteiger partial charge is 0.306 e. The van der Waals surface area contributed by atoms with E-state index >= 15 is 0 Å². The molecule has 0 aliphatic heterocycles. The first-order valence-corrected chi connectivity index (χ1v) is 12.9. The lowest BCUT2D eigenvalue weighted by Gasteiger charge is -2.26. The fourth-order valence-electron chi connectivity index (χ4n) is 4.34. The van der Waals surface area contributed by atoms with Gasteiger partial charge < -0.3 is 25.2 Å². The van der Waals surface area contributed by atoms with Gasteiger partial charge >= 0.3 is 5.97 Å². The maximum atomic E-state index is 14.6. The minimum absolute atomic E-state index is 0.115. The highest BCUT2D eigenvalue weighted by Gasteiger charge is 2.27. The molecule has 2 amide bonds. The number of ether oxygens (including phenoxy) is 2. The molecule has 0 saturated heterocycles. The average molecular weight is 535 g/mol. The number of nitrogens with one attached hydrogen (secondary N) is 2. The Labute approximate surface area is 226 Å². The summed E-state index contributed by atoms with van der Waals surface area (Å²) in [4.78, 5) is 35.9. The largest absolute Gasteiger partial charge is 0.490 e. The van der Waals surface area contributed by atoms with Gasteiger partial charge in [0.15, 0.2) is 0 Å². The molecule has 39 heavy (non-hydrogen) atoms. The summed E-state index contributed by atoms with van der Waals surface area (Å²) in [6, 6.07) is 18.4. The molecule has 0 unspecified atom stereocenters. The fourth-order valence-corrected chi connectivity index (χ4v) is 4.34. The first-order valence-electron chi connectivity index (χ1n) is 12.9. The molecule has 1 saturated carbocycles. The normalized spacial score (nSPS) is 16.7. The van der Waals surface area contributed by atoms with Gasteiger partial charge in [-0.25, -0.2) is 4.39 Å². The molecule has 204 valence electrons. The first kappa shape index (κ1) is 27.6. The summed E-state index contributed by atoms with van der Waals surface area (Å²) in [5, 5.41) is 14.4. The van der Waals surface area contributed by atoms with Crippen LogP contribution in [0.25, 0.3) is 0 Å². The Morgan fingerprint density at radius 1 is 0.821 bits per heavy atom. The van der Waals surface area contributed by atoms with E-state index in [9.17, 15) is 18.8 Å². The van der Waals surface area contributed by atoms with Crippen LogP contribution in [0.1, 0.15) is 52.0 Å². The van der Waals surface area contributed by atoms with Crippen LogP contribution in [0.3, 0.4) is 0 Å². The molecule has 0 aromatic heterocycles. The minimum Gasteiger partial charge on any atom is -0.490 e. The van der Waals surface area contributed by atoms with Gasteiger partial charge in [-0.3, -0.25) is 14.4 Å². The molecule has 3 aromatic carbocycles. The number of carbonyl (C=O) groups excluding carboxylic acids is 2. The maximum Gasteiger partial charge on any atom is 0.306 e. The van der Waals surface area contributed by atoms with E-state index in [1.54, 1.807) is 24.3 Å². The quantitative estimate of drug-likeness (QED) is 0.312. The van der Waals surface area contributed by atoms with Crippen LogP contribution in [-0.2, 0) is 4.79 Å². The Bertz CT molecular complexity index is 1300. The molecular formula is C30H31FN2O6. The summed E-state index contributed by atoms with van der Waals surface area (Å²) in [6.45, 7) is 2.27. The molecule has 3 N–H and O–H groups in total. The van der Waals surface area contributed by atoms with Crippen LogP contribution in [0, 0.1) is 18.7 Å². The number of carboxylic acid groups (broad SMARTS) is 1. The second-order valence-corrected chi connectivity index (χ2v) is 9.52. The summed E-state index contributed by atoms with van der Waals surface area (Å²) in [5.41, 5.74) is 1.44. The van der Waals surface area contributed by atoms with Gasteiger partial charge in [0.1, 0.15) is 23.1 Å². The van der Waals surface area contributed by atoms with E-state index in [1.165, 1.54) is 12.1 Å². The molecule has 8 nitrogen and oxygen atoms in total. The van der Waals surface area contributed by atoms with E-state index in [-0.39, 0.29) is 36.6 Å². The third-order valence-corrected chi connectivity index (χ3v) is 6.58. The van der Waals surface area contributed by atoms with Crippen molar-refractivity contribution in [3.63, 3.8) is 0 Å². The summed E-state index contributed by atoms with van der Waals surface area (Å²) < 4.78 is 26.1. The lowest BCUT2D eigenvalue weighted by Crippen LogP contribution is -2.35. The zero-order chi connectivity index (χ0) is 27.8. The molecule has 0 spiro atoms. The number of aryl methyl sites for hydroxylation is 1. The van der Waals surface area contributed by atoms with Gasteiger partial charge in [-0.2, -0.15) is 0 Å². The second kappa shape index (κ2) is 12.9. The van der Waals surface area contributed by atoms with Crippen molar-refractivity contribution < 1.29 is 33.4 Å². The van der Waals surface area contributed by atoms with Crippen LogP contribution in [0.5, 0.6) is 17.2 Å². The Kier molecular flexibility index (Phi) is 9.14. The zero-order valence-corrected chi connectivity index (χ0v) is 21.6. The number of aliphatic carboxylic acids is 1. The zero-order valence-electron chi connectivity index (χ0n) is 21.6. The average Bonchev–Trinajstić information content (AvgIpc) is 2.93. The number of carbonyl (C=O) groups is 3. The number of carboxylic acids is 1. The van der Waals surface area contributed by atoms with Gasteiger partial charge in [-0.05, 0) is 81.1 Å². The molecule has 1 aliphatic carbocycles. The maximum absolute atomic E-state index is 14.6. The van der Waals surface area contributed by atoms with Crippen LogP contribution in [0.4, 0.5) is 4.39 Å². The number of benzene rings is 3. The molecule has 0 atom stereocenters. The minimum atomic E-state index is -0.798. The van der Waals surface area contributed by atoms with Crippen molar-refractivity contribution in [1.82, 2.24) is 10.6 Å². The molecule has 1 fully saturated rings. The highest BCUT2D eigenvalue weighted by atomic mass is 19.1. The fraction of sp³-hybridized carbons (Fsp3) is 0.300. The highest BCUT2D eigenvalue weighted by Crippen LogP contribution is 2.28. The van der Waals surface area contributed by atoms with Gasteiger partial charge in [0.25, 0.3) is 11.8 Å². The van der Waals surface area contributed by atoms with Crippen LogP contribution < -0.4 is 20.1 Å². The van der Waals surface area contributed by atoms with E-state index in [0.29, 0.717) is 48.5 Å². The third kappa shape index (κ3) is 7.80. The predicted octanol–water partition coefficient (Wildman–Crippen LogP) is 5.11. The van der Waals surface area contributed by atoms with Crippen LogP contribution in [-0.4, -0.2) is 42.1 Å². The summed E-state index contributed by atoms with van der Waals surface area (Å²) in [5.74, 6) is -1.19. The van der Waals surface area contributed by atoms with Gasteiger partial charge in [0.2, 0.25) is 0 Å². The van der Waals surface area contributed by atoms with E-state index in [4.69, 9.17) is 14.6 Å². The van der Waals surface area contributed by atoms with Crippen LogP contribution >= 0.6 is 0 Å². The second-order valence-electron chi connectivity index (χ2n) is 9.52. The van der Waals surface area contributed by atoms with Gasteiger partial charge in [-0.1, -0.05) is 17.7 Å². The Morgan fingerprint density at radius 2 is 1.38 bits per heavy atom. The predicted molar refractivity (Wildman–Crippen MR) is 143 cm³/mol. The van der Waals surface area contributed by atoms with Gasteiger partial charge in [-0.15, -0.1) is 0 Å². The Hall–Kier alpha value is -4.40. The third-order valence-electron chi connectivity index (χ3n) is 6.58. The molecule has 0 bridgehead atoms. The topological polar surface area (TPSA) is 114 Å². The van der Waals surface area contributed by atoms with Crippen LogP contribution in [0.2, 0.25) is 0 Å². The SMILES string of the molecule is Cc1ccc(Oc2ccc(C(=O)NCCNC(=O)c3ccc(O[C@H]4CC[C@@H](C(=O)O)CC4)cc3F)cc2)cc1. The monoisotopic (exact) mass is 534 g/mol. The van der Waals surface area contributed by atoms with Gasteiger partial charge in [0.05, 0.1) is 17.6 Å². The lowest BCUT2D eigenvalue weighted by molar-refractivity contribution is -0.143. The van der Waals surface area contributed by atoms with Crippen LogP contribution in [0.15, 0.2) is 66.7 Å². The number of hydrogen-bond donors (Lipinski definition) is 3. The van der Waals surface area contributed by atoms with E-state index in [0.717, 1.165) is 11.6 Å². The number of rotatable bonds is 10. The molecular weight excluding hydrogens is 503 g/mol. The molecule has 0 radical (unpaired) electrons. The lowest BCUT2D eigenvalue weighted by atomic mass is 9.87. The summed E-state index contributed by atoms with van der Waals surface area (Å²) >= 11 is 0. The van der Waals surface area contributed by atoms with Crippen molar-refractivity contribution in [2.75, 3.05) is 13.1 Å². The standard InChI is InChI=1S/C30H31FN2O6/c1-19-2-8-22(9-3-19)38-23-10-4-20(5-11-23)28(34)32-16-17-33-29(35)26-15-14-25(18-27(26)31)39-24-12-6-21(7-13-24)30(36)37/h2-5,8-11,14-15,18,21,24H,6-7,12-13,16-17H2,1H3,(H,32,34)(H,33,35)(H,36,37)/t21-,24+. The summed E-state index contributed by atoms with van der Waals surface area (Å²) in [7, 11) is 0. The van der Waals surface area contributed by atoms with Gasteiger partial charge in [0, 0.05) is 24.7 Å².